The molecule has 0 N–H and O–H groups in total. The second-order valence-electron chi connectivity index (χ2n) is 15.5. The minimum Gasteiger partial charge on any atom is -0.425 e. The van der Waals surface area contributed by atoms with Crippen LogP contribution in [0.3, 0.4) is 0 Å². The van der Waals surface area contributed by atoms with Gasteiger partial charge in [0.05, 0.1) is 11.0 Å². The molecule has 1 heterocycles. The second-order valence-corrected chi connectivity index (χ2v) is 15.5. The van der Waals surface area contributed by atoms with Crippen molar-refractivity contribution in [1.82, 2.24) is 10.2 Å². The van der Waals surface area contributed by atoms with Crippen molar-refractivity contribution >= 4 is 11.6 Å². The van der Waals surface area contributed by atoms with Crippen molar-refractivity contribution in [3.63, 3.8) is 0 Å². The van der Waals surface area contributed by atoms with E-state index >= 15 is 0 Å². The van der Waals surface area contributed by atoms with Gasteiger partial charge in [-0.25, -0.2) is 0 Å². The summed E-state index contributed by atoms with van der Waals surface area (Å²) in [6.45, 7) is 13.5. The summed E-state index contributed by atoms with van der Waals surface area (Å²) in [4.78, 5) is 27.9. The Balaban J connectivity index is 1.40. The molecule has 0 aromatic carbocycles. The number of nitrogens with zero attached hydrogens (tertiary/aromatic N) is 3. The number of nitriles is 1. The molecule has 1 aromatic heterocycles. The fraction of sp³-hybridized carbons (Fsp3) is 0.727. The second kappa shape index (κ2) is 7.39. The minimum atomic E-state index is -0.448. The zero-order valence-electron chi connectivity index (χ0n) is 24.3. The Morgan fingerprint density at radius 1 is 0.949 bits per heavy atom. The quantitative estimate of drug-likeness (QED) is 0.408. The summed E-state index contributed by atoms with van der Waals surface area (Å²) in [5, 5.41) is 18.7. The van der Waals surface area contributed by atoms with Gasteiger partial charge >= 0.3 is 0 Å². The molecule has 6 nitrogen and oxygen atoms in total. The topological polar surface area (TPSA) is 96.9 Å². The zero-order valence-corrected chi connectivity index (χ0v) is 24.3. The maximum Gasteiger partial charge on any atom is 0.222 e. The summed E-state index contributed by atoms with van der Waals surface area (Å²) in [5.74, 6) is 1.78. The number of fused-ring (bicyclic) bond motifs is 8. The van der Waals surface area contributed by atoms with Gasteiger partial charge in [0.2, 0.25) is 11.8 Å². The number of carbonyl (C=O) groups is 2. The van der Waals surface area contributed by atoms with Crippen molar-refractivity contribution < 1.29 is 14.0 Å². The van der Waals surface area contributed by atoms with Crippen LogP contribution in [0.2, 0.25) is 0 Å². The molecule has 6 aliphatic carbocycles. The SMILES string of the molecule is Cc1nnc([C@]23CCC(C)(C)C[C@H]2[C@H]2C(=O)C=C4[C@@]5(C)C=C(C#N)C(=O)C6(CC6)[C@@H]5CC[C@@]4(C)[C@]2(C)CC3)o1. The van der Waals surface area contributed by atoms with Gasteiger partial charge in [0.15, 0.2) is 11.6 Å². The molecule has 1 spiro atoms. The maximum absolute atomic E-state index is 14.6. The summed E-state index contributed by atoms with van der Waals surface area (Å²) >= 11 is 0. The Bertz CT molecular complexity index is 1420. The lowest BCUT2D eigenvalue weighted by molar-refractivity contribution is -0.160. The zero-order chi connectivity index (χ0) is 27.8. The lowest BCUT2D eigenvalue weighted by Gasteiger charge is -2.68. The van der Waals surface area contributed by atoms with Crippen LogP contribution in [0.1, 0.15) is 104 Å². The molecule has 0 amide bonds. The largest absolute Gasteiger partial charge is 0.425 e. The molecule has 7 atom stereocenters. The first kappa shape index (κ1) is 25.4. The standard InChI is InChI=1S/C33H41N3O3/c1-19-35-36-27(39-19)32-11-9-28(2,3)17-21(32)25-22(37)15-24-29(4)16-20(18-34)26(38)33(13-14-33)23(29)7-8-30(24,5)31(25,6)10-12-32/h15-16,21,23,25H,7-14,17H2,1-6H3/t21-,23+,25-,29-,30+,31+,32-/m0/s1. The number of hydrogen-bond acceptors (Lipinski definition) is 6. The first-order valence-corrected chi connectivity index (χ1v) is 15.0. The van der Waals surface area contributed by atoms with E-state index in [-0.39, 0.29) is 51.0 Å². The van der Waals surface area contributed by atoms with E-state index in [0.29, 0.717) is 11.5 Å². The van der Waals surface area contributed by atoms with Gasteiger partial charge in [-0.3, -0.25) is 9.59 Å². The third-order valence-corrected chi connectivity index (χ3v) is 13.3. The molecule has 6 aliphatic rings. The Kier molecular flexibility index (Phi) is 4.82. The van der Waals surface area contributed by atoms with Gasteiger partial charge in [0.1, 0.15) is 6.07 Å². The maximum atomic E-state index is 14.6. The van der Waals surface area contributed by atoms with Crippen molar-refractivity contribution in [1.29, 1.82) is 5.26 Å². The summed E-state index contributed by atoms with van der Waals surface area (Å²) in [6, 6.07) is 2.24. The Morgan fingerprint density at radius 3 is 2.28 bits per heavy atom. The van der Waals surface area contributed by atoms with E-state index < -0.39 is 10.8 Å². The predicted octanol–water partition coefficient (Wildman–Crippen LogP) is 6.60. The highest BCUT2D eigenvalue weighted by Crippen LogP contribution is 2.76. The lowest BCUT2D eigenvalue weighted by Crippen LogP contribution is -2.65. The highest BCUT2D eigenvalue weighted by Gasteiger charge is 2.72. The number of aryl methyl sites for hydroxylation is 1. The van der Waals surface area contributed by atoms with Gasteiger partial charge in [-0.15, -0.1) is 10.2 Å². The normalized spacial score (nSPS) is 45.2. The summed E-state index contributed by atoms with van der Waals surface area (Å²) in [7, 11) is 0. The monoisotopic (exact) mass is 527 g/mol. The van der Waals surface area contributed by atoms with Crippen molar-refractivity contribution in [2.24, 2.45) is 44.8 Å². The summed E-state index contributed by atoms with van der Waals surface area (Å²) < 4.78 is 6.16. The van der Waals surface area contributed by atoms with Crippen molar-refractivity contribution in [2.45, 2.75) is 105 Å². The molecular weight excluding hydrogens is 486 g/mol. The van der Waals surface area contributed by atoms with Gasteiger partial charge in [0, 0.05) is 23.7 Å². The number of ketones is 2. The number of aromatic nitrogens is 2. The van der Waals surface area contributed by atoms with Crippen LogP contribution in [0.25, 0.3) is 0 Å². The fourth-order valence-electron chi connectivity index (χ4n) is 10.9. The third-order valence-electron chi connectivity index (χ3n) is 13.3. The lowest BCUT2D eigenvalue weighted by atomic mass is 9.34. The molecule has 1 aromatic rings. The molecule has 0 unspecified atom stereocenters. The molecule has 4 fully saturated rings. The first-order valence-electron chi connectivity index (χ1n) is 15.0. The molecular formula is C33H41N3O3. The van der Waals surface area contributed by atoms with Crippen LogP contribution in [-0.2, 0) is 15.0 Å². The Labute approximate surface area is 231 Å². The van der Waals surface area contributed by atoms with Crippen LogP contribution in [0.5, 0.6) is 0 Å². The van der Waals surface area contributed by atoms with E-state index in [1.165, 1.54) is 5.57 Å². The van der Waals surface area contributed by atoms with Gasteiger partial charge in [-0.05, 0) is 91.9 Å². The van der Waals surface area contributed by atoms with Gasteiger partial charge in [-0.1, -0.05) is 46.3 Å². The molecule has 7 rings (SSSR count). The van der Waals surface area contributed by atoms with Crippen molar-refractivity contribution in [3.05, 3.63) is 35.1 Å². The fourth-order valence-corrected chi connectivity index (χ4v) is 10.9. The van der Waals surface area contributed by atoms with Crippen molar-refractivity contribution in [2.75, 3.05) is 0 Å². The number of allylic oxidation sites excluding steroid dienone is 4. The van der Waals surface area contributed by atoms with Crippen LogP contribution in [-0.4, -0.2) is 21.8 Å². The molecule has 4 saturated carbocycles. The van der Waals surface area contributed by atoms with Gasteiger partial charge < -0.3 is 4.42 Å². The first-order chi connectivity index (χ1) is 18.3. The van der Waals surface area contributed by atoms with E-state index in [1.807, 2.05) is 19.1 Å². The van der Waals surface area contributed by atoms with Crippen LogP contribution < -0.4 is 0 Å². The average Bonchev–Trinajstić information content (AvgIpc) is 3.54. The Morgan fingerprint density at radius 2 is 1.64 bits per heavy atom. The number of hydrogen-bond donors (Lipinski definition) is 0. The molecule has 0 radical (unpaired) electrons. The highest BCUT2D eigenvalue weighted by atomic mass is 16.4. The van der Waals surface area contributed by atoms with Crippen LogP contribution >= 0.6 is 0 Å². The van der Waals surface area contributed by atoms with Crippen LogP contribution in [0, 0.1) is 63.1 Å². The molecule has 39 heavy (non-hydrogen) atoms. The molecule has 0 aliphatic heterocycles. The van der Waals surface area contributed by atoms with E-state index in [0.717, 1.165) is 63.7 Å². The van der Waals surface area contributed by atoms with Crippen molar-refractivity contribution in [3.8, 4) is 6.07 Å². The summed E-state index contributed by atoms with van der Waals surface area (Å²) in [5.41, 5.74) is 0.0992. The van der Waals surface area contributed by atoms with Gasteiger partial charge in [-0.2, -0.15) is 5.26 Å². The van der Waals surface area contributed by atoms with E-state index in [1.54, 1.807) is 0 Å². The van der Waals surface area contributed by atoms with Crippen LogP contribution in [0.15, 0.2) is 27.7 Å². The molecule has 6 heteroatoms. The summed E-state index contributed by atoms with van der Waals surface area (Å²) in [6.07, 6.45) is 12.5. The minimum absolute atomic E-state index is 0.0460. The van der Waals surface area contributed by atoms with E-state index in [4.69, 9.17) is 4.42 Å². The Hall–Kier alpha value is -2.55. The van der Waals surface area contributed by atoms with E-state index in [2.05, 4.69) is 50.9 Å². The molecule has 206 valence electrons. The van der Waals surface area contributed by atoms with Gasteiger partial charge in [0.25, 0.3) is 0 Å². The third kappa shape index (κ3) is 2.93. The molecule has 0 saturated heterocycles. The van der Waals surface area contributed by atoms with E-state index in [9.17, 15) is 14.9 Å². The number of Topliss-reactive ketones (excluding diaryl/α,β-unsaturated/α-hetero) is 1. The molecule has 0 bridgehead atoms. The van der Waals surface area contributed by atoms with Crippen LogP contribution in [0.4, 0.5) is 0 Å². The predicted molar refractivity (Wildman–Crippen MR) is 145 cm³/mol. The highest BCUT2D eigenvalue weighted by molar-refractivity contribution is 6.06. The number of rotatable bonds is 1. The smallest absolute Gasteiger partial charge is 0.222 e. The average molecular weight is 528 g/mol. The number of carbonyl (C=O) groups excluding carboxylic acids is 2.